The van der Waals surface area contributed by atoms with Crippen molar-refractivity contribution in [1.82, 2.24) is 0 Å². The van der Waals surface area contributed by atoms with Crippen LogP contribution in [0, 0.1) is 0 Å². The summed E-state index contributed by atoms with van der Waals surface area (Å²) in [6.07, 6.45) is 0. The van der Waals surface area contributed by atoms with Crippen molar-refractivity contribution in [3.8, 4) is 0 Å². The van der Waals surface area contributed by atoms with Crippen molar-refractivity contribution in [2.75, 3.05) is 10.0 Å². The van der Waals surface area contributed by atoms with Gasteiger partial charge >= 0.3 is 0 Å². The highest BCUT2D eigenvalue weighted by Crippen LogP contribution is 2.24. The molecule has 32 heavy (non-hydrogen) atoms. The van der Waals surface area contributed by atoms with Gasteiger partial charge in [0.25, 0.3) is 15.9 Å². The van der Waals surface area contributed by atoms with Crippen molar-refractivity contribution in [3.63, 3.8) is 0 Å². The van der Waals surface area contributed by atoms with Gasteiger partial charge in [-0.1, -0.05) is 41.9 Å². The van der Waals surface area contributed by atoms with Crippen molar-refractivity contribution in [3.05, 3.63) is 88.4 Å². The zero-order chi connectivity index (χ0) is 23.5. The van der Waals surface area contributed by atoms with Crippen molar-refractivity contribution in [1.29, 1.82) is 0 Å². The summed E-state index contributed by atoms with van der Waals surface area (Å²) in [6, 6.07) is 13.8. The molecule has 9 nitrogen and oxygen atoms in total. The molecule has 2 N–H and O–H groups in total. The molecule has 0 spiro atoms. The number of hydrogen-bond acceptors (Lipinski definition) is 7. The maximum absolute atomic E-state index is 12.7. The second-order valence-corrected chi connectivity index (χ2v) is 8.49. The van der Waals surface area contributed by atoms with Crippen LogP contribution >= 0.6 is 11.6 Å². The van der Waals surface area contributed by atoms with E-state index in [1.807, 2.05) is 0 Å². The van der Waals surface area contributed by atoms with Gasteiger partial charge < -0.3 is 25.1 Å². The highest BCUT2D eigenvalue weighted by molar-refractivity contribution is 7.92. The summed E-state index contributed by atoms with van der Waals surface area (Å²) in [5, 5.41) is 24.5. The lowest BCUT2D eigenvalue weighted by Crippen LogP contribution is -2.25. The van der Waals surface area contributed by atoms with Crippen molar-refractivity contribution < 1.29 is 33.0 Å². The molecule has 0 bridgehead atoms. The van der Waals surface area contributed by atoms with Gasteiger partial charge in [-0.05, 0) is 42.0 Å². The van der Waals surface area contributed by atoms with Crippen molar-refractivity contribution in [2.45, 2.75) is 4.90 Å². The maximum atomic E-state index is 12.7. The Morgan fingerprint density at radius 1 is 0.812 bits per heavy atom. The molecule has 0 aliphatic heterocycles. The highest BCUT2D eigenvalue weighted by Gasteiger charge is 2.20. The van der Waals surface area contributed by atoms with Crippen LogP contribution in [-0.2, 0) is 10.0 Å². The van der Waals surface area contributed by atoms with Crippen molar-refractivity contribution >= 4 is 50.8 Å². The molecule has 0 radical (unpaired) electrons. The third-order valence-electron chi connectivity index (χ3n) is 4.24. The van der Waals surface area contributed by atoms with Crippen LogP contribution in [0.15, 0.2) is 71.6 Å². The van der Waals surface area contributed by atoms with Crippen LogP contribution < -0.4 is 20.3 Å². The molecule has 3 rings (SSSR count). The minimum Gasteiger partial charge on any atom is -0.545 e. The summed E-state index contributed by atoms with van der Waals surface area (Å²) in [6.45, 7) is 0. The van der Waals surface area contributed by atoms with E-state index in [0.29, 0.717) is 0 Å². The summed E-state index contributed by atoms with van der Waals surface area (Å²) in [5.41, 5.74) is -0.816. The summed E-state index contributed by atoms with van der Waals surface area (Å²) in [4.78, 5) is 34.5. The summed E-state index contributed by atoms with van der Waals surface area (Å²) >= 11 is 6.05. The molecule has 0 aliphatic rings. The van der Waals surface area contributed by atoms with Gasteiger partial charge in [0.1, 0.15) is 0 Å². The number of halogens is 1. The number of carboxylic acids is 2. The van der Waals surface area contributed by atoms with Crippen LogP contribution in [0.1, 0.15) is 31.1 Å². The standard InChI is InChI=1S/C21H15ClN2O7S/c22-17-9-8-14(32(30,31)24-13-5-3-4-12(10-13)20(26)27)11-16(17)19(25)23-18-7-2-1-6-15(18)21(28)29/h1-11,24H,(H,23,25)(H,26,27)(H,28,29)/p-2. The summed E-state index contributed by atoms with van der Waals surface area (Å²) in [5.74, 6) is -3.83. The fraction of sp³-hybridized carbons (Fsp3) is 0. The lowest BCUT2D eigenvalue weighted by Gasteiger charge is -2.14. The SMILES string of the molecule is O=C([O-])c1cccc(NS(=O)(=O)c2ccc(Cl)c(C(=O)Nc3ccccc3C(=O)[O-])c2)c1. The van der Waals surface area contributed by atoms with Gasteiger partial charge in [0.2, 0.25) is 0 Å². The Balaban J connectivity index is 1.91. The smallest absolute Gasteiger partial charge is 0.261 e. The number of amides is 1. The van der Waals surface area contributed by atoms with E-state index in [1.165, 1.54) is 48.5 Å². The number of carbonyl (C=O) groups is 3. The molecule has 0 aromatic heterocycles. The highest BCUT2D eigenvalue weighted by atomic mass is 35.5. The van der Waals surface area contributed by atoms with Crippen LogP contribution in [0.2, 0.25) is 5.02 Å². The van der Waals surface area contributed by atoms with Crippen molar-refractivity contribution in [2.24, 2.45) is 0 Å². The molecule has 0 atom stereocenters. The Morgan fingerprint density at radius 2 is 1.53 bits per heavy atom. The van der Waals surface area contributed by atoms with E-state index >= 15 is 0 Å². The van der Waals surface area contributed by atoms with E-state index < -0.39 is 27.9 Å². The fourth-order valence-electron chi connectivity index (χ4n) is 2.73. The molecule has 0 aliphatic carbocycles. The number of sulfonamides is 1. The topological polar surface area (TPSA) is 156 Å². The Morgan fingerprint density at radius 3 is 2.22 bits per heavy atom. The number of carbonyl (C=O) groups excluding carboxylic acids is 3. The molecule has 164 valence electrons. The Hall–Kier alpha value is -3.89. The van der Waals surface area contributed by atoms with E-state index in [9.17, 15) is 33.0 Å². The van der Waals surface area contributed by atoms with Gasteiger partial charge in [0.05, 0.1) is 33.1 Å². The van der Waals surface area contributed by atoms with E-state index in [2.05, 4.69) is 10.0 Å². The molecular weight excluding hydrogens is 460 g/mol. The molecule has 1 amide bonds. The average Bonchev–Trinajstić information content (AvgIpc) is 2.74. The number of anilines is 2. The van der Waals surface area contributed by atoms with Gasteiger partial charge in [-0.15, -0.1) is 0 Å². The monoisotopic (exact) mass is 472 g/mol. The largest absolute Gasteiger partial charge is 0.545 e. The number of rotatable bonds is 7. The first-order chi connectivity index (χ1) is 15.1. The van der Waals surface area contributed by atoms with E-state index in [0.717, 1.165) is 18.2 Å². The van der Waals surface area contributed by atoms with E-state index in [4.69, 9.17) is 11.6 Å². The van der Waals surface area contributed by atoms with Crippen LogP contribution in [0.4, 0.5) is 11.4 Å². The number of hydrogen-bond donors (Lipinski definition) is 2. The molecule has 3 aromatic carbocycles. The minimum absolute atomic E-state index is 0.0319. The normalized spacial score (nSPS) is 10.9. The van der Waals surface area contributed by atoms with Crippen LogP contribution in [0.5, 0.6) is 0 Å². The number of aromatic carboxylic acids is 2. The Kier molecular flexibility index (Phi) is 6.47. The average molecular weight is 473 g/mol. The maximum Gasteiger partial charge on any atom is 0.261 e. The van der Waals surface area contributed by atoms with E-state index in [1.54, 1.807) is 0 Å². The Bertz CT molecular complexity index is 1340. The number of benzene rings is 3. The lowest BCUT2D eigenvalue weighted by molar-refractivity contribution is -0.256. The first kappa shape index (κ1) is 22.8. The third-order valence-corrected chi connectivity index (χ3v) is 5.95. The Labute approximate surface area is 187 Å². The molecule has 0 unspecified atom stereocenters. The fourth-order valence-corrected chi connectivity index (χ4v) is 4.01. The zero-order valence-corrected chi connectivity index (χ0v) is 17.6. The molecule has 3 aromatic rings. The molecule has 0 heterocycles. The molecule has 0 saturated carbocycles. The van der Waals surface area contributed by atoms with Gasteiger partial charge in [-0.3, -0.25) is 9.52 Å². The predicted molar refractivity (Wildman–Crippen MR) is 112 cm³/mol. The van der Waals surface area contributed by atoms with Crippen LogP contribution in [0.25, 0.3) is 0 Å². The third kappa shape index (κ3) is 5.05. The first-order valence-corrected chi connectivity index (χ1v) is 10.7. The first-order valence-electron chi connectivity index (χ1n) is 8.84. The van der Waals surface area contributed by atoms with E-state index in [-0.39, 0.29) is 38.0 Å². The quantitative estimate of drug-likeness (QED) is 0.521. The molecule has 11 heteroatoms. The van der Waals surface area contributed by atoms with Gasteiger partial charge in [-0.2, -0.15) is 0 Å². The lowest BCUT2D eigenvalue weighted by atomic mass is 10.1. The summed E-state index contributed by atoms with van der Waals surface area (Å²) in [7, 11) is -4.23. The zero-order valence-electron chi connectivity index (χ0n) is 16.0. The molecule has 0 fully saturated rings. The van der Waals surface area contributed by atoms with Crippen LogP contribution in [0.3, 0.4) is 0 Å². The predicted octanol–water partition coefficient (Wildman–Crippen LogP) is 1.12. The number of para-hydroxylation sites is 1. The number of carboxylic acid groups (broad SMARTS) is 2. The molecule has 0 saturated heterocycles. The van der Waals surface area contributed by atoms with Crippen LogP contribution in [-0.4, -0.2) is 26.3 Å². The second kappa shape index (κ2) is 9.08. The molecular formula is C21H13ClN2O7S-2. The second-order valence-electron chi connectivity index (χ2n) is 6.40. The van der Waals surface area contributed by atoms with Gasteiger partial charge in [-0.25, -0.2) is 8.42 Å². The number of nitrogens with one attached hydrogen (secondary N) is 2. The van der Waals surface area contributed by atoms with Gasteiger partial charge in [0, 0.05) is 11.3 Å². The summed E-state index contributed by atoms with van der Waals surface area (Å²) < 4.78 is 27.7. The van der Waals surface area contributed by atoms with Gasteiger partial charge in [0.15, 0.2) is 0 Å². The minimum atomic E-state index is -4.23.